The van der Waals surface area contributed by atoms with E-state index in [-0.39, 0.29) is 24.5 Å². The molecule has 0 aromatic heterocycles. The van der Waals surface area contributed by atoms with Crippen molar-refractivity contribution in [2.24, 2.45) is 0 Å². The lowest BCUT2D eigenvalue weighted by molar-refractivity contribution is 0.0581. The van der Waals surface area contributed by atoms with Crippen molar-refractivity contribution in [1.82, 2.24) is 4.90 Å². The number of carbonyl (C=O) groups is 3. The molecular weight excluding hydrogens is 334 g/mol. The fourth-order valence-electron chi connectivity index (χ4n) is 3.57. The Hall–Kier alpha value is -3.15. The summed E-state index contributed by atoms with van der Waals surface area (Å²) in [5, 5.41) is 0. The topological polar surface area (TPSA) is 72.9 Å². The van der Waals surface area contributed by atoms with Crippen molar-refractivity contribution in [3.63, 3.8) is 0 Å². The summed E-state index contributed by atoms with van der Waals surface area (Å²) < 4.78 is 10.7. The van der Waals surface area contributed by atoms with E-state index in [4.69, 9.17) is 9.47 Å². The van der Waals surface area contributed by atoms with Gasteiger partial charge in [0.05, 0.1) is 30.3 Å². The van der Waals surface area contributed by atoms with Crippen LogP contribution in [0.25, 0.3) is 0 Å². The van der Waals surface area contributed by atoms with Gasteiger partial charge in [-0.25, -0.2) is 4.79 Å². The highest BCUT2D eigenvalue weighted by Crippen LogP contribution is 2.35. The molecule has 132 valence electrons. The summed E-state index contributed by atoms with van der Waals surface area (Å²) in [6, 6.07) is 10.3. The van der Waals surface area contributed by atoms with E-state index in [1.807, 2.05) is 6.92 Å². The molecule has 0 aliphatic carbocycles. The number of methoxy groups -OCH3 is 1. The molecule has 2 aromatic carbocycles. The number of amides is 2. The van der Waals surface area contributed by atoms with Gasteiger partial charge in [-0.15, -0.1) is 0 Å². The lowest BCUT2D eigenvalue weighted by Gasteiger charge is -2.18. The predicted octanol–water partition coefficient (Wildman–Crippen LogP) is 2.38. The fourth-order valence-corrected chi connectivity index (χ4v) is 3.57. The Bertz CT molecular complexity index is 914. The van der Waals surface area contributed by atoms with Crippen molar-refractivity contribution in [3.05, 3.63) is 64.2 Å². The molecule has 2 amide bonds. The molecule has 4 rings (SSSR count). The van der Waals surface area contributed by atoms with Crippen LogP contribution in [0.2, 0.25) is 0 Å². The van der Waals surface area contributed by atoms with Crippen LogP contribution in [0.3, 0.4) is 0 Å². The molecule has 26 heavy (non-hydrogen) atoms. The molecule has 0 radical (unpaired) electrons. The Morgan fingerprint density at radius 3 is 2.46 bits per heavy atom. The number of ether oxygens (including phenoxy) is 2. The van der Waals surface area contributed by atoms with Crippen LogP contribution in [0, 0.1) is 6.92 Å². The van der Waals surface area contributed by atoms with E-state index < -0.39 is 5.97 Å². The molecule has 6 nitrogen and oxygen atoms in total. The van der Waals surface area contributed by atoms with Gasteiger partial charge in [-0.2, -0.15) is 0 Å². The van der Waals surface area contributed by atoms with Gasteiger partial charge in [0, 0.05) is 6.42 Å². The summed E-state index contributed by atoms with van der Waals surface area (Å²) in [7, 11) is 1.34. The van der Waals surface area contributed by atoms with Gasteiger partial charge in [0.1, 0.15) is 11.9 Å². The van der Waals surface area contributed by atoms with Crippen LogP contribution in [-0.4, -0.2) is 42.4 Å². The maximum atomic E-state index is 12.5. The Morgan fingerprint density at radius 2 is 1.85 bits per heavy atom. The van der Waals surface area contributed by atoms with E-state index in [1.165, 1.54) is 12.0 Å². The van der Waals surface area contributed by atoms with E-state index >= 15 is 0 Å². The molecule has 0 N–H and O–H groups in total. The third-order valence-corrected chi connectivity index (χ3v) is 4.77. The molecule has 0 fully saturated rings. The van der Waals surface area contributed by atoms with E-state index in [1.54, 1.807) is 36.4 Å². The Labute approximate surface area is 150 Å². The molecule has 1 unspecified atom stereocenters. The van der Waals surface area contributed by atoms with Crippen molar-refractivity contribution in [2.75, 3.05) is 13.7 Å². The normalized spacial score (nSPS) is 17.8. The predicted molar refractivity (Wildman–Crippen MR) is 92.4 cm³/mol. The molecule has 2 aliphatic rings. The second-order valence-electron chi connectivity index (χ2n) is 6.48. The van der Waals surface area contributed by atoms with Gasteiger partial charge in [-0.1, -0.05) is 12.1 Å². The lowest BCUT2D eigenvalue weighted by Crippen LogP contribution is -2.38. The summed E-state index contributed by atoms with van der Waals surface area (Å²) in [6.07, 6.45) is 0.188. The van der Waals surface area contributed by atoms with Crippen LogP contribution in [0.15, 0.2) is 36.4 Å². The van der Waals surface area contributed by atoms with Crippen molar-refractivity contribution in [3.8, 4) is 5.75 Å². The van der Waals surface area contributed by atoms with Gasteiger partial charge in [-0.3, -0.25) is 14.5 Å². The van der Waals surface area contributed by atoms with E-state index in [2.05, 4.69) is 0 Å². The zero-order valence-corrected chi connectivity index (χ0v) is 14.4. The minimum absolute atomic E-state index is 0.175. The van der Waals surface area contributed by atoms with Crippen molar-refractivity contribution >= 4 is 17.8 Å². The number of nitrogens with zero attached hydrogens (tertiary/aromatic N) is 1. The van der Waals surface area contributed by atoms with Gasteiger partial charge in [-0.05, 0) is 42.3 Å². The number of esters is 1. The van der Waals surface area contributed by atoms with Gasteiger partial charge in [0.25, 0.3) is 11.8 Å². The van der Waals surface area contributed by atoms with Crippen LogP contribution < -0.4 is 4.74 Å². The molecule has 6 heteroatoms. The van der Waals surface area contributed by atoms with Gasteiger partial charge >= 0.3 is 5.97 Å². The van der Waals surface area contributed by atoms with E-state index in [9.17, 15) is 14.4 Å². The van der Waals surface area contributed by atoms with Crippen molar-refractivity contribution < 1.29 is 23.9 Å². The maximum absolute atomic E-state index is 12.5. The summed E-state index contributed by atoms with van der Waals surface area (Å²) in [4.78, 5) is 38.0. The molecule has 0 spiro atoms. The SMILES string of the molecule is COC(=O)c1cc(C)c2c(c1)CC(CN1C(=O)c3ccccc3C1=O)O2. The molecule has 2 aromatic rings. The maximum Gasteiger partial charge on any atom is 0.337 e. The molecule has 2 heterocycles. The van der Waals surface area contributed by atoms with Crippen molar-refractivity contribution in [1.29, 1.82) is 0 Å². The third kappa shape index (κ3) is 2.45. The van der Waals surface area contributed by atoms with Crippen LogP contribution in [0.5, 0.6) is 5.75 Å². The first-order valence-electron chi connectivity index (χ1n) is 8.33. The average molecular weight is 351 g/mol. The number of rotatable bonds is 3. The monoisotopic (exact) mass is 351 g/mol. The number of hydrogen-bond donors (Lipinski definition) is 0. The van der Waals surface area contributed by atoms with E-state index in [0.29, 0.717) is 28.9 Å². The highest BCUT2D eigenvalue weighted by atomic mass is 16.5. The number of benzene rings is 2. The highest BCUT2D eigenvalue weighted by Gasteiger charge is 2.38. The summed E-state index contributed by atoms with van der Waals surface area (Å²) in [5.41, 5.74) is 3.03. The molecule has 0 saturated carbocycles. The summed E-state index contributed by atoms with van der Waals surface area (Å²) in [6.45, 7) is 2.03. The fraction of sp³-hybridized carbons (Fsp3) is 0.250. The minimum atomic E-state index is -0.403. The number of carbonyl (C=O) groups excluding carboxylic acids is 3. The summed E-state index contributed by atoms with van der Waals surface area (Å²) in [5.74, 6) is -0.284. The quantitative estimate of drug-likeness (QED) is 0.627. The summed E-state index contributed by atoms with van der Waals surface area (Å²) >= 11 is 0. The molecule has 2 aliphatic heterocycles. The number of aryl methyl sites for hydroxylation is 1. The largest absolute Gasteiger partial charge is 0.488 e. The van der Waals surface area contributed by atoms with Crippen LogP contribution >= 0.6 is 0 Å². The Morgan fingerprint density at radius 1 is 1.19 bits per heavy atom. The van der Waals surface area contributed by atoms with Crippen molar-refractivity contribution in [2.45, 2.75) is 19.4 Å². The zero-order valence-electron chi connectivity index (χ0n) is 14.4. The standard InChI is InChI=1S/C20H17NO5/c1-11-7-13(20(24)25-2)8-12-9-14(26-17(11)12)10-21-18(22)15-5-3-4-6-16(15)19(21)23/h3-8,14H,9-10H2,1-2H3. The third-order valence-electron chi connectivity index (χ3n) is 4.77. The molecular formula is C20H17NO5. The number of hydrogen-bond acceptors (Lipinski definition) is 5. The molecule has 0 bridgehead atoms. The second kappa shape index (κ2) is 5.98. The first-order chi connectivity index (χ1) is 12.5. The second-order valence-corrected chi connectivity index (χ2v) is 6.48. The van der Waals surface area contributed by atoms with Gasteiger partial charge < -0.3 is 9.47 Å². The average Bonchev–Trinajstić information content (AvgIpc) is 3.16. The highest BCUT2D eigenvalue weighted by molar-refractivity contribution is 6.21. The van der Waals surface area contributed by atoms with Crippen LogP contribution in [-0.2, 0) is 11.2 Å². The zero-order chi connectivity index (χ0) is 18.4. The van der Waals surface area contributed by atoms with Gasteiger partial charge in [0.2, 0.25) is 0 Å². The Balaban J connectivity index is 1.55. The number of imide groups is 1. The van der Waals surface area contributed by atoms with E-state index in [0.717, 1.165) is 11.1 Å². The molecule has 1 atom stereocenters. The van der Waals surface area contributed by atoms with Gasteiger partial charge in [0.15, 0.2) is 0 Å². The molecule has 0 saturated heterocycles. The number of fused-ring (bicyclic) bond motifs is 2. The first kappa shape index (κ1) is 16.3. The smallest absolute Gasteiger partial charge is 0.337 e. The lowest BCUT2D eigenvalue weighted by atomic mass is 10.0. The Kier molecular flexibility index (Phi) is 3.76. The van der Waals surface area contributed by atoms with Crippen LogP contribution in [0.4, 0.5) is 0 Å². The first-order valence-corrected chi connectivity index (χ1v) is 8.33. The minimum Gasteiger partial charge on any atom is -0.488 e. The van der Waals surface area contributed by atoms with Crippen LogP contribution in [0.1, 0.15) is 42.2 Å².